The molecule has 1 unspecified atom stereocenters. The third kappa shape index (κ3) is 4.18. The molecule has 1 saturated carbocycles. The molecular formula is C24H29N5O3. The highest BCUT2D eigenvalue weighted by atomic mass is 16.3. The maximum Gasteiger partial charge on any atom is 0.224 e. The van der Waals surface area contributed by atoms with E-state index in [1.54, 1.807) is 6.07 Å². The van der Waals surface area contributed by atoms with Gasteiger partial charge in [0.2, 0.25) is 5.95 Å². The van der Waals surface area contributed by atoms with Crippen molar-refractivity contribution in [2.75, 3.05) is 17.2 Å². The van der Waals surface area contributed by atoms with Gasteiger partial charge >= 0.3 is 0 Å². The fourth-order valence-corrected chi connectivity index (χ4v) is 4.77. The normalized spacial score (nSPS) is 26.3. The number of fused-ring (bicyclic) bond motifs is 1. The summed E-state index contributed by atoms with van der Waals surface area (Å²) in [6.45, 7) is 4.37. The SMILES string of the molecule is CC1(C)C[C@H](Nc2nc(NCCC3(O)C(=O)Cc4ccccc43)ncc2C#N)CC[C@@H]1O. The summed E-state index contributed by atoms with van der Waals surface area (Å²) >= 11 is 0. The van der Waals surface area contributed by atoms with Crippen LogP contribution in [-0.2, 0) is 16.8 Å². The van der Waals surface area contributed by atoms with E-state index in [-0.39, 0.29) is 36.2 Å². The molecule has 168 valence electrons. The highest BCUT2D eigenvalue weighted by molar-refractivity contribution is 5.94. The van der Waals surface area contributed by atoms with Crippen molar-refractivity contribution in [1.82, 2.24) is 9.97 Å². The number of hydrogen-bond donors (Lipinski definition) is 4. The molecule has 0 aliphatic heterocycles. The lowest BCUT2D eigenvalue weighted by Crippen LogP contribution is -2.41. The number of carbonyl (C=O) groups excluding carboxylic acids is 1. The van der Waals surface area contributed by atoms with Crippen LogP contribution >= 0.6 is 0 Å². The quantitative estimate of drug-likeness (QED) is 0.544. The summed E-state index contributed by atoms with van der Waals surface area (Å²) in [5.41, 5.74) is 0.152. The van der Waals surface area contributed by atoms with Crippen LogP contribution < -0.4 is 10.6 Å². The first-order valence-electron chi connectivity index (χ1n) is 11.0. The molecule has 0 saturated heterocycles. The smallest absolute Gasteiger partial charge is 0.224 e. The third-order valence-electron chi connectivity index (χ3n) is 6.76. The van der Waals surface area contributed by atoms with E-state index >= 15 is 0 Å². The summed E-state index contributed by atoms with van der Waals surface area (Å²) in [6, 6.07) is 9.56. The van der Waals surface area contributed by atoms with Crippen molar-refractivity contribution >= 4 is 17.5 Å². The Kier molecular flexibility index (Phi) is 5.89. The van der Waals surface area contributed by atoms with E-state index in [2.05, 4.69) is 26.7 Å². The predicted molar refractivity (Wildman–Crippen MR) is 120 cm³/mol. The minimum atomic E-state index is -1.51. The number of nitriles is 1. The highest BCUT2D eigenvalue weighted by Crippen LogP contribution is 2.38. The molecule has 8 heteroatoms. The number of ketones is 1. The first kappa shape index (κ1) is 22.2. The average Bonchev–Trinajstić information content (AvgIpc) is 3.01. The molecule has 3 atom stereocenters. The van der Waals surface area contributed by atoms with Crippen molar-refractivity contribution < 1.29 is 15.0 Å². The van der Waals surface area contributed by atoms with E-state index in [1.807, 2.05) is 32.0 Å². The second kappa shape index (κ2) is 8.49. The molecule has 1 aromatic carbocycles. The summed E-state index contributed by atoms with van der Waals surface area (Å²) in [5, 5.41) is 37.1. The van der Waals surface area contributed by atoms with Crippen LogP contribution in [0.3, 0.4) is 0 Å². The van der Waals surface area contributed by atoms with E-state index in [1.165, 1.54) is 6.20 Å². The monoisotopic (exact) mass is 435 g/mol. The van der Waals surface area contributed by atoms with Crippen molar-refractivity contribution in [1.29, 1.82) is 5.26 Å². The van der Waals surface area contributed by atoms with Crippen LogP contribution in [0, 0.1) is 16.7 Å². The number of aliphatic hydroxyl groups excluding tert-OH is 1. The largest absolute Gasteiger partial charge is 0.393 e. The number of rotatable bonds is 6. The zero-order valence-electron chi connectivity index (χ0n) is 18.4. The van der Waals surface area contributed by atoms with Gasteiger partial charge in [-0.2, -0.15) is 10.2 Å². The Bertz CT molecular complexity index is 1060. The van der Waals surface area contributed by atoms with Gasteiger partial charge in [0.15, 0.2) is 5.78 Å². The maximum atomic E-state index is 12.5. The van der Waals surface area contributed by atoms with Gasteiger partial charge in [0.25, 0.3) is 0 Å². The lowest BCUT2D eigenvalue weighted by Gasteiger charge is -2.40. The molecule has 1 aromatic heterocycles. The molecule has 0 spiro atoms. The molecule has 1 heterocycles. The van der Waals surface area contributed by atoms with Crippen LogP contribution in [0.5, 0.6) is 0 Å². The van der Waals surface area contributed by atoms with Gasteiger partial charge in [-0.15, -0.1) is 0 Å². The number of nitrogens with zero attached hydrogens (tertiary/aromatic N) is 3. The predicted octanol–water partition coefficient (Wildman–Crippen LogP) is 2.51. The van der Waals surface area contributed by atoms with Gasteiger partial charge in [-0.3, -0.25) is 4.79 Å². The first-order chi connectivity index (χ1) is 15.2. The Balaban J connectivity index is 1.43. The number of Topliss-reactive ketones (excluding diaryl/α,β-unsaturated/α-hetero) is 1. The molecule has 8 nitrogen and oxygen atoms in total. The number of nitrogens with one attached hydrogen (secondary N) is 2. The Labute approximate surface area is 187 Å². The Morgan fingerprint density at radius 3 is 2.81 bits per heavy atom. The van der Waals surface area contributed by atoms with Crippen LogP contribution in [-0.4, -0.2) is 44.7 Å². The summed E-state index contributed by atoms with van der Waals surface area (Å²) < 4.78 is 0. The molecule has 2 aliphatic rings. The topological polar surface area (TPSA) is 131 Å². The number of hydrogen-bond acceptors (Lipinski definition) is 8. The molecule has 0 amide bonds. The van der Waals surface area contributed by atoms with Gasteiger partial charge in [-0.25, -0.2) is 4.98 Å². The Morgan fingerprint density at radius 1 is 1.28 bits per heavy atom. The molecule has 0 radical (unpaired) electrons. The van der Waals surface area contributed by atoms with Crippen molar-refractivity contribution in [2.24, 2.45) is 5.41 Å². The summed E-state index contributed by atoms with van der Waals surface area (Å²) in [5.74, 6) is 0.567. The average molecular weight is 436 g/mol. The van der Waals surface area contributed by atoms with Crippen LogP contribution in [0.1, 0.15) is 56.2 Å². The van der Waals surface area contributed by atoms with Gasteiger partial charge in [0, 0.05) is 25.4 Å². The lowest BCUT2D eigenvalue weighted by atomic mass is 9.73. The number of anilines is 2. The zero-order valence-corrected chi connectivity index (χ0v) is 18.4. The highest BCUT2D eigenvalue weighted by Gasteiger charge is 2.43. The molecule has 2 aliphatic carbocycles. The summed E-state index contributed by atoms with van der Waals surface area (Å²) in [6.07, 6.45) is 3.80. The zero-order chi connectivity index (χ0) is 22.9. The molecule has 4 rings (SSSR count). The van der Waals surface area contributed by atoms with E-state index < -0.39 is 5.60 Å². The van der Waals surface area contributed by atoms with Crippen LogP contribution in [0.2, 0.25) is 0 Å². The van der Waals surface area contributed by atoms with Crippen molar-refractivity contribution in [2.45, 2.75) is 63.7 Å². The van der Waals surface area contributed by atoms with E-state index in [4.69, 9.17) is 0 Å². The number of benzene rings is 1. The van der Waals surface area contributed by atoms with Crippen LogP contribution in [0.15, 0.2) is 30.5 Å². The standard InChI is InChI=1S/C24H29N5O3/c1-23(2)12-17(7-8-19(23)30)28-21-16(13-25)14-27-22(29-21)26-10-9-24(32)18-6-4-3-5-15(18)11-20(24)31/h3-6,14,17,19,30,32H,7-12H2,1-2H3,(H2,26,27,28,29)/t17-,19+,24?/m1/s1. The second-order valence-corrected chi connectivity index (χ2v) is 9.49. The Morgan fingerprint density at radius 2 is 2.06 bits per heavy atom. The Hall–Kier alpha value is -3.02. The molecule has 32 heavy (non-hydrogen) atoms. The second-order valence-electron chi connectivity index (χ2n) is 9.49. The molecule has 2 aromatic rings. The molecule has 4 N–H and O–H groups in total. The van der Waals surface area contributed by atoms with Gasteiger partial charge in [0.1, 0.15) is 23.1 Å². The molecule has 0 bridgehead atoms. The number of aromatic nitrogens is 2. The first-order valence-corrected chi connectivity index (χ1v) is 11.0. The van der Waals surface area contributed by atoms with Crippen molar-refractivity contribution in [3.63, 3.8) is 0 Å². The number of carbonyl (C=O) groups is 1. The molecular weight excluding hydrogens is 406 g/mol. The van der Waals surface area contributed by atoms with Crippen molar-refractivity contribution in [3.8, 4) is 6.07 Å². The van der Waals surface area contributed by atoms with E-state index in [0.717, 1.165) is 18.4 Å². The fourth-order valence-electron chi connectivity index (χ4n) is 4.77. The van der Waals surface area contributed by atoms with Gasteiger partial charge in [0.05, 0.1) is 12.3 Å². The fraction of sp³-hybridized carbons (Fsp3) is 0.500. The third-order valence-corrected chi connectivity index (χ3v) is 6.76. The minimum absolute atomic E-state index is 0.0940. The van der Waals surface area contributed by atoms with Gasteiger partial charge in [-0.05, 0) is 35.8 Å². The van der Waals surface area contributed by atoms with E-state index in [9.17, 15) is 20.3 Å². The minimum Gasteiger partial charge on any atom is -0.393 e. The molecule has 1 fully saturated rings. The number of aliphatic hydroxyl groups is 2. The summed E-state index contributed by atoms with van der Waals surface area (Å²) in [4.78, 5) is 21.1. The lowest BCUT2D eigenvalue weighted by molar-refractivity contribution is -0.136. The van der Waals surface area contributed by atoms with E-state index in [0.29, 0.717) is 35.9 Å². The summed E-state index contributed by atoms with van der Waals surface area (Å²) in [7, 11) is 0. The van der Waals surface area contributed by atoms with Crippen molar-refractivity contribution in [3.05, 3.63) is 47.2 Å². The van der Waals surface area contributed by atoms with Gasteiger partial charge in [-0.1, -0.05) is 38.1 Å². The van der Waals surface area contributed by atoms with Crippen LogP contribution in [0.25, 0.3) is 0 Å². The van der Waals surface area contributed by atoms with Crippen LogP contribution in [0.4, 0.5) is 11.8 Å². The van der Waals surface area contributed by atoms with Gasteiger partial charge < -0.3 is 20.8 Å². The maximum absolute atomic E-state index is 12.5.